The third kappa shape index (κ3) is 3.71. The highest BCUT2D eigenvalue weighted by Crippen LogP contribution is 2.40. The molecule has 2 heterocycles. The number of fused-ring (bicyclic) bond motifs is 1. The summed E-state index contributed by atoms with van der Waals surface area (Å²) in [5.41, 5.74) is 4.33. The Hall–Kier alpha value is -2.89. The van der Waals surface area contributed by atoms with E-state index in [1.165, 1.54) is 0 Å². The van der Waals surface area contributed by atoms with Gasteiger partial charge in [-0.25, -0.2) is 4.98 Å². The van der Waals surface area contributed by atoms with E-state index in [0.717, 1.165) is 46.6 Å². The molecule has 4 rings (SSSR count). The van der Waals surface area contributed by atoms with E-state index in [9.17, 15) is 4.79 Å². The van der Waals surface area contributed by atoms with Gasteiger partial charge in [0.05, 0.1) is 29.8 Å². The van der Waals surface area contributed by atoms with E-state index in [1.54, 1.807) is 11.8 Å². The van der Waals surface area contributed by atoms with Crippen molar-refractivity contribution in [3.63, 3.8) is 0 Å². The minimum Gasteiger partial charge on any atom is -0.497 e. The zero-order valence-electron chi connectivity index (χ0n) is 17.7. The standard InChI is InChI=1S/C23H28N4O2/c1-13(2)21(16-8-10-17(29-5)11-9-16)25-23(28)18-12-19(15-6-7-15)24-22-20(18)14(3)26-27(22)4/h8-13,15,21H,6-7H2,1-5H3,(H,25,28). The van der Waals surface area contributed by atoms with Gasteiger partial charge in [0.15, 0.2) is 5.65 Å². The first-order valence-electron chi connectivity index (χ1n) is 10.2. The van der Waals surface area contributed by atoms with Gasteiger partial charge in [-0.3, -0.25) is 9.48 Å². The first-order valence-corrected chi connectivity index (χ1v) is 10.2. The van der Waals surface area contributed by atoms with Crippen LogP contribution in [0.4, 0.5) is 0 Å². The highest BCUT2D eigenvalue weighted by molar-refractivity contribution is 6.06. The van der Waals surface area contributed by atoms with Gasteiger partial charge in [-0.15, -0.1) is 0 Å². The van der Waals surface area contributed by atoms with Crippen LogP contribution in [0.5, 0.6) is 5.75 Å². The van der Waals surface area contributed by atoms with Crippen LogP contribution in [0.15, 0.2) is 30.3 Å². The number of nitrogens with one attached hydrogen (secondary N) is 1. The smallest absolute Gasteiger partial charge is 0.252 e. The lowest BCUT2D eigenvalue weighted by Gasteiger charge is -2.23. The third-order valence-electron chi connectivity index (χ3n) is 5.66. The van der Waals surface area contributed by atoms with E-state index >= 15 is 0 Å². The number of pyridine rings is 1. The Bertz CT molecular complexity index is 1050. The molecule has 0 radical (unpaired) electrons. The molecule has 1 unspecified atom stereocenters. The Morgan fingerprint density at radius 2 is 1.93 bits per heavy atom. The maximum Gasteiger partial charge on any atom is 0.252 e. The van der Waals surface area contributed by atoms with Crippen molar-refractivity contribution >= 4 is 16.9 Å². The average Bonchev–Trinajstić information content (AvgIpc) is 3.52. The van der Waals surface area contributed by atoms with Crippen LogP contribution in [0.3, 0.4) is 0 Å². The molecule has 6 nitrogen and oxygen atoms in total. The van der Waals surface area contributed by atoms with Crippen LogP contribution < -0.4 is 10.1 Å². The van der Waals surface area contributed by atoms with Crippen molar-refractivity contribution in [1.29, 1.82) is 0 Å². The molecule has 1 aromatic carbocycles. The number of rotatable bonds is 6. The second-order valence-electron chi connectivity index (χ2n) is 8.24. The minimum atomic E-state index is -0.0991. The van der Waals surface area contributed by atoms with E-state index in [1.807, 2.05) is 44.3 Å². The molecule has 1 aliphatic carbocycles. The summed E-state index contributed by atoms with van der Waals surface area (Å²) >= 11 is 0. The molecule has 0 bridgehead atoms. The molecule has 0 saturated heterocycles. The Morgan fingerprint density at radius 3 is 2.52 bits per heavy atom. The second kappa shape index (κ2) is 7.50. The van der Waals surface area contributed by atoms with Gasteiger partial charge in [-0.1, -0.05) is 26.0 Å². The first kappa shape index (κ1) is 19.4. The fourth-order valence-electron chi connectivity index (χ4n) is 3.90. The van der Waals surface area contributed by atoms with Crippen molar-refractivity contribution in [2.45, 2.75) is 45.6 Å². The number of hydrogen-bond donors (Lipinski definition) is 1. The summed E-state index contributed by atoms with van der Waals surface area (Å²) in [4.78, 5) is 18.2. The van der Waals surface area contributed by atoms with Gasteiger partial charge in [-0.2, -0.15) is 5.10 Å². The summed E-state index contributed by atoms with van der Waals surface area (Å²) in [6.07, 6.45) is 2.27. The van der Waals surface area contributed by atoms with Crippen molar-refractivity contribution in [2.24, 2.45) is 13.0 Å². The Kier molecular flexibility index (Phi) is 5.03. The fraction of sp³-hybridized carbons (Fsp3) is 0.435. The number of aryl methyl sites for hydroxylation is 2. The van der Waals surface area contributed by atoms with Gasteiger partial charge in [0, 0.05) is 18.7 Å². The number of carbonyl (C=O) groups excluding carboxylic acids is 1. The van der Waals surface area contributed by atoms with E-state index in [-0.39, 0.29) is 17.9 Å². The number of amides is 1. The molecule has 6 heteroatoms. The van der Waals surface area contributed by atoms with Gasteiger partial charge in [0.2, 0.25) is 0 Å². The monoisotopic (exact) mass is 392 g/mol. The summed E-state index contributed by atoms with van der Waals surface area (Å²) < 4.78 is 7.04. The number of carbonyl (C=O) groups is 1. The van der Waals surface area contributed by atoms with Crippen molar-refractivity contribution < 1.29 is 9.53 Å². The molecule has 1 saturated carbocycles. The molecule has 2 aromatic heterocycles. The molecule has 1 N–H and O–H groups in total. The molecule has 1 aliphatic rings. The number of benzene rings is 1. The number of methoxy groups -OCH3 is 1. The number of nitrogens with zero attached hydrogens (tertiary/aromatic N) is 3. The lowest BCUT2D eigenvalue weighted by molar-refractivity contribution is 0.0927. The number of aromatic nitrogens is 3. The predicted molar refractivity (Wildman–Crippen MR) is 113 cm³/mol. The van der Waals surface area contributed by atoms with Gasteiger partial charge in [-0.05, 0) is 49.4 Å². The van der Waals surface area contributed by atoms with Gasteiger partial charge in [0.25, 0.3) is 5.91 Å². The lowest BCUT2D eigenvalue weighted by atomic mass is 9.95. The summed E-state index contributed by atoms with van der Waals surface area (Å²) in [6.45, 7) is 6.16. The molecular weight excluding hydrogens is 364 g/mol. The van der Waals surface area contributed by atoms with Gasteiger partial charge < -0.3 is 10.1 Å². The SMILES string of the molecule is COc1ccc(C(NC(=O)c2cc(C3CC3)nc3c2c(C)nn3C)C(C)C)cc1. The molecule has 1 atom stereocenters. The molecule has 152 valence electrons. The highest BCUT2D eigenvalue weighted by Gasteiger charge is 2.29. The summed E-state index contributed by atoms with van der Waals surface area (Å²) in [6, 6.07) is 9.75. The minimum absolute atomic E-state index is 0.0788. The molecule has 3 aromatic rings. The average molecular weight is 393 g/mol. The van der Waals surface area contributed by atoms with Crippen LogP contribution in [-0.2, 0) is 7.05 Å². The predicted octanol–water partition coefficient (Wildman–Crippen LogP) is 4.29. The zero-order valence-corrected chi connectivity index (χ0v) is 17.7. The van der Waals surface area contributed by atoms with Crippen molar-refractivity contribution in [1.82, 2.24) is 20.1 Å². The van der Waals surface area contributed by atoms with Crippen LogP contribution in [0, 0.1) is 12.8 Å². The molecule has 1 amide bonds. The Balaban J connectivity index is 1.71. The van der Waals surface area contributed by atoms with E-state index in [4.69, 9.17) is 9.72 Å². The highest BCUT2D eigenvalue weighted by atomic mass is 16.5. The molecule has 0 aliphatic heterocycles. The fourth-order valence-corrected chi connectivity index (χ4v) is 3.90. The van der Waals surface area contributed by atoms with E-state index in [0.29, 0.717) is 11.5 Å². The summed E-state index contributed by atoms with van der Waals surface area (Å²) in [7, 11) is 3.54. The van der Waals surface area contributed by atoms with E-state index < -0.39 is 0 Å². The third-order valence-corrected chi connectivity index (χ3v) is 5.66. The molecule has 29 heavy (non-hydrogen) atoms. The second-order valence-corrected chi connectivity index (χ2v) is 8.24. The number of ether oxygens (including phenoxy) is 1. The van der Waals surface area contributed by atoms with Crippen LogP contribution in [0.25, 0.3) is 11.0 Å². The first-order chi connectivity index (χ1) is 13.9. The largest absolute Gasteiger partial charge is 0.497 e. The van der Waals surface area contributed by atoms with Crippen molar-refractivity contribution in [2.75, 3.05) is 7.11 Å². The van der Waals surface area contributed by atoms with Crippen LogP contribution in [0.1, 0.15) is 66.0 Å². The zero-order chi connectivity index (χ0) is 20.7. The molecule has 0 spiro atoms. The van der Waals surface area contributed by atoms with Gasteiger partial charge >= 0.3 is 0 Å². The number of hydrogen-bond acceptors (Lipinski definition) is 4. The van der Waals surface area contributed by atoms with Crippen molar-refractivity contribution in [3.05, 3.63) is 52.8 Å². The quantitative estimate of drug-likeness (QED) is 0.679. The maximum absolute atomic E-state index is 13.4. The van der Waals surface area contributed by atoms with Crippen molar-refractivity contribution in [3.8, 4) is 5.75 Å². The van der Waals surface area contributed by atoms with Crippen LogP contribution >= 0.6 is 0 Å². The normalized spacial score (nSPS) is 15.0. The summed E-state index contributed by atoms with van der Waals surface area (Å²) in [5, 5.41) is 8.60. The Morgan fingerprint density at radius 1 is 1.24 bits per heavy atom. The lowest BCUT2D eigenvalue weighted by Crippen LogP contribution is -2.32. The topological polar surface area (TPSA) is 69.0 Å². The maximum atomic E-state index is 13.4. The molecular formula is C23H28N4O2. The van der Waals surface area contributed by atoms with E-state index in [2.05, 4.69) is 24.3 Å². The van der Waals surface area contributed by atoms with Gasteiger partial charge in [0.1, 0.15) is 5.75 Å². The Labute approximate surface area is 171 Å². The summed E-state index contributed by atoms with van der Waals surface area (Å²) in [5.74, 6) is 1.43. The molecule has 1 fully saturated rings. The van der Waals surface area contributed by atoms with Crippen LogP contribution in [-0.4, -0.2) is 27.8 Å². The van der Waals surface area contributed by atoms with Crippen LogP contribution in [0.2, 0.25) is 0 Å².